The summed E-state index contributed by atoms with van der Waals surface area (Å²) in [6.07, 6.45) is -0.791. The molecule has 0 aliphatic carbocycles. The molecule has 0 bridgehead atoms. The molecule has 11 heteroatoms. The second-order valence-electron chi connectivity index (χ2n) is 10.6. The van der Waals surface area contributed by atoms with Crippen LogP contribution in [0.2, 0.25) is 0 Å². The molecule has 0 atom stereocenters. The average molecular weight is 675 g/mol. The van der Waals surface area contributed by atoms with Crippen molar-refractivity contribution in [3.05, 3.63) is 129 Å². The van der Waals surface area contributed by atoms with Crippen LogP contribution in [-0.4, -0.2) is 58.1 Å². The number of carbonyl (C=O) groups excluding carboxylic acids is 6. The number of benzene rings is 4. The van der Waals surface area contributed by atoms with Gasteiger partial charge in [0.25, 0.3) is 0 Å². The smallest absolute Gasteiger partial charge is 0.550 e. The SMILES string of the molecule is O=C([O-])CCC(=O)c1ccc2c(c1)SCc1ccccc1C2=O.O=C([O-])CCC(=O)c1ccc2c(c1)SCc1ccccc1C2=O.[Mg+2]. The van der Waals surface area contributed by atoms with Crippen LogP contribution in [0.5, 0.6) is 0 Å². The number of hydrogen-bond acceptors (Lipinski definition) is 10. The van der Waals surface area contributed by atoms with Crippen LogP contribution >= 0.6 is 23.5 Å². The van der Waals surface area contributed by atoms with Crippen molar-refractivity contribution in [2.45, 2.75) is 47.0 Å². The van der Waals surface area contributed by atoms with Crippen molar-refractivity contribution in [3.63, 3.8) is 0 Å². The Hall–Kier alpha value is -4.03. The molecule has 0 saturated heterocycles. The summed E-state index contributed by atoms with van der Waals surface area (Å²) < 4.78 is 0. The first kappa shape index (κ1) is 35.8. The summed E-state index contributed by atoms with van der Waals surface area (Å²) in [4.78, 5) is 71.8. The molecule has 4 aromatic rings. The largest absolute Gasteiger partial charge is 2.00 e. The van der Waals surface area contributed by atoms with Crippen molar-refractivity contribution in [1.82, 2.24) is 0 Å². The first-order valence-corrected chi connectivity index (χ1v) is 16.3. The zero-order valence-electron chi connectivity index (χ0n) is 25.1. The van der Waals surface area contributed by atoms with Crippen molar-refractivity contribution in [2.24, 2.45) is 0 Å². The van der Waals surface area contributed by atoms with Crippen molar-refractivity contribution in [2.75, 3.05) is 0 Å². The molecule has 0 N–H and O–H groups in total. The van der Waals surface area contributed by atoms with E-state index < -0.39 is 11.9 Å². The second-order valence-corrected chi connectivity index (χ2v) is 12.6. The number of fused-ring (bicyclic) bond motifs is 4. The molecule has 232 valence electrons. The molecule has 0 unspecified atom stereocenters. The number of Topliss-reactive ketones (excluding diaryl/α,β-unsaturated/α-hetero) is 2. The van der Waals surface area contributed by atoms with Gasteiger partial charge >= 0.3 is 23.1 Å². The van der Waals surface area contributed by atoms with Gasteiger partial charge in [-0.05, 0) is 48.2 Å². The number of carboxylic acid groups (broad SMARTS) is 2. The van der Waals surface area contributed by atoms with Crippen molar-refractivity contribution in [3.8, 4) is 0 Å². The molecule has 4 aromatic carbocycles. The van der Waals surface area contributed by atoms with E-state index in [2.05, 4.69) is 0 Å². The minimum atomic E-state index is -1.24. The van der Waals surface area contributed by atoms with Crippen LogP contribution in [0.1, 0.15) is 89.4 Å². The van der Waals surface area contributed by atoms with Gasteiger partial charge in [0, 0.05) is 79.5 Å². The van der Waals surface area contributed by atoms with Gasteiger partial charge in [0.15, 0.2) is 23.1 Å². The van der Waals surface area contributed by atoms with Gasteiger partial charge in [-0.1, -0.05) is 60.7 Å². The summed E-state index contributed by atoms with van der Waals surface area (Å²) in [5.41, 5.74) is 5.34. The van der Waals surface area contributed by atoms with Crippen LogP contribution in [-0.2, 0) is 21.1 Å². The van der Waals surface area contributed by atoms with E-state index in [1.807, 2.05) is 48.5 Å². The van der Waals surface area contributed by atoms with Crippen LogP contribution in [0.3, 0.4) is 0 Å². The van der Waals surface area contributed by atoms with Crippen LogP contribution in [0.15, 0.2) is 94.7 Å². The number of aliphatic carboxylic acids is 2. The Kier molecular flexibility index (Phi) is 12.3. The Morgan fingerprint density at radius 2 is 0.915 bits per heavy atom. The van der Waals surface area contributed by atoms with Gasteiger partial charge in [-0.3, -0.25) is 19.2 Å². The number of hydrogen-bond donors (Lipinski definition) is 0. The summed E-state index contributed by atoms with van der Waals surface area (Å²) >= 11 is 3.02. The van der Waals surface area contributed by atoms with Gasteiger partial charge in [-0.15, -0.1) is 23.5 Å². The van der Waals surface area contributed by atoms with Crippen molar-refractivity contribution in [1.29, 1.82) is 0 Å². The van der Waals surface area contributed by atoms with E-state index in [4.69, 9.17) is 0 Å². The van der Waals surface area contributed by atoms with Crippen LogP contribution in [0, 0.1) is 0 Å². The minimum Gasteiger partial charge on any atom is -0.550 e. The Morgan fingerprint density at radius 3 is 1.30 bits per heavy atom. The van der Waals surface area contributed by atoms with Crippen molar-refractivity contribution < 1.29 is 39.0 Å². The van der Waals surface area contributed by atoms with Gasteiger partial charge in [-0.25, -0.2) is 0 Å². The van der Waals surface area contributed by atoms with Gasteiger partial charge in [0.05, 0.1) is 0 Å². The van der Waals surface area contributed by atoms with Crippen LogP contribution < -0.4 is 10.2 Å². The van der Waals surface area contributed by atoms with Crippen LogP contribution in [0.25, 0.3) is 0 Å². The Bertz CT molecular complexity index is 1760. The zero-order valence-corrected chi connectivity index (χ0v) is 28.2. The van der Waals surface area contributed by atoms with Gasteiger partial charge in [0.2, 0.25) is 0 Å². The third-order valence-corrected chi connectivity index (χ3v) is 9.71. The quantitative estimate of drug-likeness (QED) is 0.198. The van der Waals surface area contributed by atoms with E-state index >= 15 is 0 Å². The Labute approximate surface area is 295 Å². The van der Waals surface area contributed by atoms with Crippen LogP contribution in [0.4, 0.5) is 0 Å². The Morgan fingerprint density at radius 1 is 0.532 bits per heavy atom. The number of ketones is 4. The molecular formula is C36H26MgO8S2. The molecule has 0 fully saturated rings. The van der Waals surface area contributed by atoms with Gasteiger partial charge in [0.1, 0.15) is 0 Å². The fraction of sp³-hybridized carbons (Fsp3) is 0.167. The van der Waals surface area contributed by atoms with Crippen molar-refractivity contribution >= 4 is 81.6 Å². The predicted molar refractivity (Wildman–Crippen MR) is 175 cm³/mol. The molecule has 0 aromatic heterocycles. The number of carboxylic acids is 2. The number of carbonyl (C=O) groups is 6. The zero-order chi connectivity index (χ0) is 32.8. The molecular weight excluding hydrogens is 649 g/mol. The molecule has 8 nitrogen and oxygen atoms in total. The molecule has 2 aliphatic heterocycles. The fourth-order valence-electron chi connectivity index (χ4n) is 5.06. The van der Waals surface area contributed by atoms with E-state index in [9.17, 15) is 39.0 Å². The third kappa shape index (κ3) is 8.66. The summed E-state index contributed by atoms with van der Waals surface area (Å²) in [7, 11) is 0. The normalized spacial score (nSPS) is 12.7. The predicted octanol–water partition coefficient (Wildman–Crippen LogP) is 4.09. The maximum atomic E-state index is 12.6. The maximum Gasteiger partial charge on any atom is 2.00 e. The Balaban J connectivity index is 0.000000208. The van der Waals surface area contributed by atoms with E-state index in [-0.39, 0.29) is 71.9 Å². The van der Waals surface area contributed by atoms with Gasteiger partial charge in [-0.2, -0.15) is 0 Å². The molecule has 47 heavy (non-hydrogen) atoms. The number of thioether (sulfide) groups is 2. The summed E-state index contributed by atoms with van der Waals surface area (Å²) in [6.45, 7) is 0. The van der Waals surface area contributed by atoms with E-state index in [1.54, 1.807) is 36.4 Å². The summed E-state index contributed by atoms with van der Waals surface area (Å²) in [6, 6.07) is 24.8. The molecule has 6 rings (SSSR count). The summed E-state index contributed by atoms with van der Waals surface area (Å²) in [5, 5.41) is 20.9. The number of rotatable bonds is 8. The van der Waals surface area contributed by atoms with Gasteiger partial charge < -0.3 is 19.8 Å². The fourth-order valence-corrected chi connectivity index (χ4v) is 7.24. The molecule has 2 heterocycles. The second kappa shape index (κ2) is 16.2. The average Bonchev–Trinajstić information content (AvgIpc) is 3.30. The van der Waals surface area contributed by atoms with E-state index in [0.717, 1.165) is 20.9 Å². The minimum absolute atomic E-state index is 0. The summed E-state index contributed by atoms with van der Waals surface area (Å²) in [5.74, 6) is -1.78. The van der Waals surface area contributed by atoms with E-state index in [0.29, 0.717) is 44.9 Å². The van der Waals surface area contributed by atoms with E-state index in [1.165, 1.54) is 23.5 Å². The molecule has 0 spiro atoms. The monoisotopic (exact) mass is 674 g/mol. The topological polar surface area (TPSA) is 149 Å². The maximum absolute atomic E-state index is 12.6. The molecule has 0 saturated carbocycles. The standard InChI is InChI=1S/2C18H14O4S.Mg/c2*19-15(7-8-17(20)21)11-5-6-14-16(9-11)23-10-12-3-1-2-4-13(12)18(14)22;/h2*1-6,9H,7-8,10H2,(H,20,21);/q;;+2/p-2. The first-order valence-electron chi connectivity index (χ1n) is 14.4. The molecule has 0 amide bonds. The molecule has 2 aliphatic rings. The third-order valence-electron chi connectivity index (χ3n) is 7.50. The molecule has 0 radical (unpaired) electrons. The first-order chi connectivity index (χ1) is 22.1.